The van der Waals surface area contributed by atoms with Crippen LogP contribution in [0.1, 0.15) is 49.4 Å². The molecule has 0 saturated carbocycles. The predicted octanol–water partition coefficient (Wildman–Crippen LogP) is 4.60. The van der Waals surface area contributed by atoms with Gasteiger partial charge in [-0.2, -0.15) is 0 Å². The molecule has 5 rings (SSSR count). The molecule has 2 aromatic carbocycles. The van der Waals surface area contributed by atoms with E-state index < -0.39 is 33.4 Å². The summed E-state index contributed by atoms with van der Waals surface area (Å²) in [6.07, 6.45) is 3.01. The zero-order chi connectivity index (χ0) is 28.8. The summed E-state index contributed by atoms with van der Waals surface area (Å²) in [7, 11) is 0. The molecule has 0 aromatic heterocycles. The Morgan fingerprint density at radius 2 is 1.95 bits per heavy atom. The van der Waals surface area contributed by atoms with Crippen molar-refractivity contribution in [2.24, 2.45) is 11.8 Å². The van der Waals surface area contributed by atoms with E-state index >= 15 is 0 Å². The van der Waals surface area contributed by atoms with E-state index in [2.05, 4.69) is 6.58 Å². The van der Waals surface area contributed by atoms with Crippen molar-refractivity contribution in [2.75, 3.05) is 24.7 Å². The number of hydrogen-bond donors (Lipinski definition) is 1. The van der Waals surface area contributed by atoms with Gasteiger partial charge < -0.3 is 19.6 Å². The number of amides is 2. The summed E-state index contributed by atoms with van der Waals surface area (Å²) in [6, 6.07) is 13.7. The Hall–Kier alpha value is -3.10. The van der Waals surface area contributed by atoms with E-state index in [9.17, 15) is 19.5 Å². The summed E-state index contributed by atoms with van der Waals surface area (Å²) < 4.78 is 4.17. The van der Waals surface area contributed by atoms with Crippen molar-refractivity contribution in [3.05, 3.63) is 77.9 Å². The number of carbonyl (C=O) groups excluding carboxylic acids is 3. The third-order valence-electron chi connectivity index (χ3n) is 8.92. The molecule has 3 fully saturated rings. The lowest BCUT2D eigenvalue weighted by molar-refractivity contribution is -0.155. The molecule has 2 aromatic rings. The second kappa shape index (κ2) is 10.7. The Morgan fingerprint density at radius 1 is 1.23 bits per heavy atom. The van der Waals surface area contributed by atoms with Gasteiger partial charge in [-0.3, -0.25) is 14.4 Å². The number of fused-ring (bicyclic) bond motifs is 1. The average Bonchev–Trinajstić information content (AvgIpc) is 3.51. The van der Waals surface area contributed by atoms with Crippen LogP contribution in [-0.2, 0) is 19.1 Å². The van der Waals surface area contributed by atoms with Crippen LogP contribution in [-0.4, -0.2) is 63.1 Å². The third kappa shape index (κ3) is 4.27. The molecule has 0 radical (unpaired) electrons. The molecule has 212 valence electrons. The Labute approximate surface area is 240 Å². The first kappa shape index (κ1) is 28.4. The van der Waals surface area contributed by atoms with Crippen LogP contribution in [0.25, 0.3) is 0 Å². The molecule has 2 unspecified atom stereocenters. The minimum absolute atomic E-state index is 0.221. The van der Waals surface area contributed by atoms with Crippen LogP contribution in [0.4, 0.5) is 5.69 Å². The van der Waals surface area contributed by atoms with Crippen molar-refractivity contribution in [1.29, 1.82) is 0 Å². The summed E-state index contributed by atoms with van der Waals surface area (Å²) in [4.78, 5) is 46.2. The van der Waals surface area contributed by atoms with E-state index in [1.807, 2.05) is 69.3 Å². The molecule has 3 aliphatic rings. The van der Waals surface area contributed by atoms with Crippen LogP contribution in [0.2, 0.25) is 0 Å². The summed E-state index contributed by atoms with van der Waals surface area (Å²) in [5.41, 5.74) is 3.46. The normalized spacial score (nSPS) is 29.3. The lowest BCUT2D eigenvalue weighted by atomic mass is 9.66. The maximum Gasteiger partial charge on any atom is 0.311 e. The fraction of sp³-hybridized carbons (Fsp3) is 0.469. The van der Waals surface area contributed by atoms with E-state index in [0.717, 1.165) is 22.4 Å². The van der Waals surface area contributed by atoms with Crippen molar-refractivity contribution in [2.45, 2.75) is 62.1 Å². The first-order valence-corrected chi connectivity index (χ1v) is 14.8. The summed E-state index contributed by atoms with van der Waals surface area (Å²) in [5.74, 6) is -2.26. The lowest BCUT2D eigenvalue weighted by Crippen LogP contribution is -2.56. The van der Waals surface area contributed by atoms with Gasteiger partial charge in [0.1, 0.15) is 6.04 Å². The zero-order valence-corrected chi connectivity index (χ0v) is 24.4. The molecule has 6 atom stereocenters. The Kier molecular flexibility index (Phi) is 7.61. The second-order valence-corrected chi connectivity index (χ2v) is 13.3. The van der Waals surface area contributed by atoms with Crippen LogP contribution in [0, 0.1) is 25.7 Å². The summed E-state index contributed by atoms with van der Waals surface area (Å²) >= 11 is 1.60. The SMILES string of the molecule is C=CCN(C(=O)C1N([C@H](CO)c2ccccc2)C(=O)[C@@H]2[C@H](C(=O)OCC)[C@]3(C)CCC12S3)c1cc(C)ccc1C. The molecule has 0 aliphatic carbocycles. The number of aliphatic hydroxyl groups excluding tert-OH is 1. The molecule has 8 heteroatoms. The maximum absolute atomic E-state index is 14.9. The topological polar surface area (TPSA) is 87.2 Å². The van der Waals surface area contributed by atoms with Crippen LogP contribution < -0.4 is 4.90 Å². The molecule has 1 spiro atoms. The number of hydrogen-bond acceptors (Lipinski definition) is 6. The number of nitrogens with zero attached hydrogens (tertiary/aromatic N) is 2. The monoisotopic (exact) mass is 562 g/mol. The maximum atomic E-state index is 14.9. The Balaban J connectivity index is 1.69. The van der Waals surface area contributed by atoms with Crippen LogP contribution in [0.3, 0.4) is 0 Å². The fourth-order valence-electron chi connectivity index (χ4n) is 7.19. The minimum Gasteiger partial charge on any atom is -0.466 e. The molecule has 2 amide bonds. The molecule has 3 heterocycles. The van der Waals surface area contributed by atoms with Crippen LogP contribution in [0.15, 0.2) is 61.2 Å². The molecule has 40 heavy (non-hydrogen) atoms. The number of ether oxygens (including phenoxy) is 1. The first-order valence-electron chi connectivity index (χ1n) is 14.0. The molecular weight excluding hydrogens is 524 g/mol. The van der Waals surface area contributed by atoms with Crippen molar-refractivity contribution in [3.63, 3.8) is 0 Å². The second-order valence-electron chi connectivity index (χ2n) is 11.4. The van der Waals surface area contributed by atoms with Gasteiger partial charge in [0.05, 0.1) is 35.8 Å². The highest BCUT2D eigenvalue weighted by Crippen LogP contribution is 2.72. The van der Waals surface area contributed by atoms with Gasteiger partial charge in [-0.25, -0.2) is 0 Å². The van der Waals surface area contributed by atoms with Gasteiger partial charge in [0.15, 0.2) is 0 Å². The van der Waals surface area contributed by atoms with Gasteiger partial charge in [-0.1, -0.05) is 48.5 Å². The standard InChI is InChI=1S/C32H38N2O5S/c1-6-17-33(23-18-20(3)13-14-21(23)4)29(37)27-32-16-15-31(5,40-32)26(30(38)39-7-2)25(32)28(36)34(27)24(19-35)22-11-9-8-10-12-22/h6,8-14,18,24-27,35H,1,7,15-17,19H2,2-5H3/t24-,25+,26-,27?,31+,32?/m1/s1. The fourth-order valence-corrected chi connectivity index (χ4v) is 9.52. The van der Waals surface area contributed by atoms with E-state index in [1.165, 1.54) is 0 Å². The zero-order valence-electron chi connectivity index (χ0n) is 23.6. The van der Waals surface area contributed by atoms with Gasteiger partial charge in [-0.05, 0) is 63.3 Å². The van der Waals surface area contributed by atoms with Gasteiger partial charge in [0, 0.05) is 17.0 Å². The number of anilines is 1. The molecule has 3 aliphatic heterocycles. The third-order valence-corrected chi connectivity index (χ3v) is 10.9. The average molecular weight is 563 g/mol. The number of likely N-dealkylation sites (tertiary alicyclic amines) is 1. The predicted molar refractivity (Wildman–Crippen MR) is 157 cm³/mol. The molecule has 7 nitrogen and oxygen atoms in total. The summed E-state index contributed by atoms with van der Waals surface area (Å²) in [6.45, 7) is 11.8. The highest BCUT2D eigenvalue weighted by Gasteiger charge is 2.78. The van der Waals surface area contributed by atoms with Crippen molar-refractivity contribution in [3.8, 4) is 0 Å². The smallest absolute Gasteiger partial charge is 0.311 e. The number of benzene rings is 2. The summed E-state index contributed by atoms with van der Waals surface area (Å²) in [5, 5.41) is 10.7. The van der Waals surface area contributed by atoms with Crippen LogP contribution >= 0.6 is 11.8 Å². The first-order chi connectivity index (χ1) is 19.1. The molecule has 1 N–H and O–H groups in total. The Morgan fingerprint density at radius 3 is 2.60 bits per heavy atom. The lowest BCUT2D eigenvalue weighted by Gasteiger charge is -2.40. The quantitative estimate of drug-likeness (QED) is 0.355. The molecular formula is C32H38N2O5S. The number of carbonyl (C=O) groups is 3. The highest BCUT2D eigenvalue weighted by molar-refractivity contribution is 8.02. The number of aliphatic hydroxyl groups is 1. The van der Waals surface area contributed by atoms with E-state index in [4.69, 9.17) is 4.74 Å². The highest BCUT2D eigenvalue weighted by atomic mass is 32.2. The van der Waals surface area contributed by atoms with Crippen LogP contribution in [0.5, 0.6) is 0 Å². The van der Waals surface area contributed by atoms with Crippen molar-refractivity contribution in [1.82, 2.24) is 4.90 Å². The van der Waals surface area contributed by atoms with Gasteiger partial charge in [0.2, 0.25) is 5.91 Å². The van der Waals surface area contributed by atoms with E-state index in [1.54, 1.807) is 34.6 Å². The number of esters is 1. The van der Waals surface area contributed by atoms with Crippen molar-refractivity contribution >= 4 is 35.2 Å². The van der Waals surface area contributed by atoms with E-state index in [-0.39, 0.29) is 37.5 Å². The number of thioether (sulfide) groups is 1. The van der Waals surface area contributed by atoms with Gasteiger partial charge in [-0.15, -0.1) is 18.3 Å². The van der Waals surface area contributed by atoms with Crippen molar-refractivity contribution < 1.29 is 24.2 Å². The molecule has 3 saturated heterocycles. The number of aryl methyl sites for hydroxylation is 2. The van der Waals surface area contributed by atoms with E-state index in [0.29, 0.717) is 12.8 Å². The Bertz CT molecular complexity index is 1330. The molecule has 2 bridgehead atoms. The van der Waals surface area contributed by atoms with Gasteiger partial charge >= 0.3 is 5.97 Å². The number of rotatable bonds is 9. The largest absolute Gasteiger partial charge is 0.466 e. The minimum atomic E-state index is -0.881. The van der Waals surface area contributed by atoms with Gasteiger partial charge in [0.25, 0.3) is 5.91 Å².